The van der Waals surface area contributed by atoms with E-state index >= 15 is 0 Å². The number of allylic oxidation sites excluding steroid dienone is 1. The third-order valence-electron chi connectivity index (χ3n) is 0.376. The third kappa shape index (κ3) is 5.62. The number of rotatable bonds is 1. The summed E-state index contributed by atoms with van der Waals surface area (Å²) in [6, 6.07) is 0. The molecule has 0 aliphatic heterocycles. The minimum absolute atomic E-state index is 0.438. The summed E-state index contributed by atoms with van der Waals surface area (Å²) in [6.45, 7) is 3.02. The molecule has 0 spiro atoms. The minimum atomic E-state index is -4.39. The molecule has 2 nitrogen and oxygen atoms in total. The van der Waals surface area contributed by atoms with Gasteiger partial charge in [0.2, 0.25) is 0 Å². The molecule has 0 N–H and O–H groups in total. The van der Waals surface area contributed by atoms with E-state index < -0.39 is 10.2 Å². The van der Waals surface area contributed by atoms with Gasteiger partial charge < -0.3 is 0 Å². The van der Waals surface area contributed by atoms with E-state index in [9.17, 15) is 12.3 Å². The van der Waals surface area contributed by atoms with Crippen molar-refractivity contribution in [2.75, 3.05) is 0 Å². The summed E-state index contributed by atoms with van der Waals surface area (Å²) >= 11 is 0. The predicted molar refractivity (Wildman–Crippen MR) is 29.5 cm³/mol. The second-order valence-electron chi connectivity index (χ2n) is 1.67. The highest BCUT2D eigenvalue weighted by Gasteiger charge is 1.97. The topological polar surface area (TPSA) is 34.1 Å². The zero-order chi connectivity index (χ0) is 6.78. The van der Waals surface area contributed by atoms with Crippen molar-refractivity contribution in [2.24, 2.45) is 0 Å². The fourth-order valence-electron chi connectivity index (χ4n) is 0.282. The molecular formula is C4H7FO2S. The summed E-state index contributed by atoms with van der Waals surface area (Å²) in [7, 11) is -4.39. The van der Waals surface area contributed by atoms with Crippen LogP contribution in [0, 0.1) is 0 Å². The van der Waals surface area contributed by atoms with Gasteiger partial charge in [-0.05, 0) is 13.8 Å². The fraction of sp³-hybridized carbons (Fsp3) is 0.500. The minimum Gasteiger partial charge on any atom is -0.190 e. The molecule has 0 radical (unpaired) electrons. The van der Waals surface area contributed by atoms with Crippen LogP contribution in [0.2, 0.25) is 0 Å². The molecule has 8 heavy (non-hydrogen) atoms. The summed E-state index contributed by atoms with van der Waals surface area (Å²) < 4.78 is 30.9. The Bertz CT molecular complexity index is 186. The van der Waals surface area contributed by atoms with E-state index in [1.54, 1.807) is 0 Å². The molecule has 0 saturated carbocycles. The van der Waals surface area contributed by atoms with Gasteiger partial charge in [0.15, 0.2) is 0 Å². The lowest BCUT2D eigenvalue weighted by Crippen LogP contribution is -1.81. The van der Waals surface area contributed by atoms with Crippen LogP contribution in [0.3, 0.4) is 0 Å². The molecule has 0 fully saturated rings. The number of halogens is 1. The second-order valence-corrected chi connectivity index (χ2v) is 2.86. The van der Waals surface area contributed by atoms with Crippen LogP contribution in [-0.4, -0.2) is 8.42 Å². The van der Waals surface area contributed by atoms with E-state index in [0.717, 1.165) is 0 Å². The SMILES string of the molecule is CC(C)=CS(=O)(=O)F. The molecule has 4 heteroatoms. The zero-order valence-electron chi connectivity index (χ0n) is 4.68. The molecule has 0 aromatic rings. The van der Waals surface area contributed by atoms with Crippen LogP contribution in [0.5, 0.6) is 0 Å². The Labute approximate surface area is 48.2 Å². The van der Waals surface area contributed by atoms with Gasteiger partial charge in [-0.2, -0.15) is 8.42 Å². The normalized spacial score (nSPS) is 10.9. The van der Waals surface area contributed by atoms with Crippen molar-refractivity contribution in [3.8, 4) is 0 Å². The van der Waals surface area contributed by atoms with Gasteiger partial charge >= 0.3 is 10.2 Å². The van der Waals surface area contributed by atoms with Crippen LogP contribution in [0.4, 0.5) is 3.89 Å². The molecule has 0 aromatic heterocycles. The number of hydrogen-bond donors (Lipinski definition) is 0. The fourth-order valence-corrected chi connectivity index (χ4v) is 0.845. The molecule has 0 aliphatic carbocycles. The van der Waals surface area contributed by atoms with E-state index in [2.05, 4.69) is 0 Å². The van der Waals surface area contributed by atoms with Crippen molar-refractivity contribution < 1.29 is 12.3 Å². The molecule has 0 aromatic carbocycles. The Morgan fingerprint density at radius 3 is 1.88 bits per heavy atom. The Morgan fingerprint density at radius 2 is 1.88 bits per heavy atom. The first kappa shape index (κ1) is 7.62. The van der Waals surface area contributed by atoms with Crippen molar-refractivity contribution >= 4 is 10.2 Å². The van der Waals surface area contributed by atoms with E-state index in [0.29, 0.717) is 11.0 Å². The summed E-state index contributed by atoms with van der Waals surface area (Å²) in [6.07, 6.45) is 0. The highest BCUT2D eigenvalue weighted by Crippen LogP contribution is 1.97. The molecule has 0 aliphatic rings. The van der Waals surface area contributed by atoms with Gasteiger partial charge in [0.25, 0.3) is 0 Å². The average Bonchev–Trinajstić information content (AvgIpc) is 1.21. The first-order valence-corrected chi connectivity index (χ1v) is 3.46. The quantitative estimate of drug-likeness (QED) is 0.510. The van der Waals surface area contributed by atoms with Gasteiger partial charge in [0.1, 0.15) is 0 Å². The molecule has 0 saturated heterocycles. The molecule has 0 unspecified atom stereocenters. The lowest BCUT2D eigenvalue weighted by molar-refractivity contribution is 0.562. The predicted octanol–water partition coefficient (Wildman–Crippen LogP) is 1.21. The van der Waals surface area contributed by atoms with Crippen LogP contribution >= 0.6 is 0 Å². The maximum atomic E-state index is 11.5. The van der Waals surface area contributed by atoms with Gasteiger partial charge in [-0.1, -0.05) is 5.57 Å². The summed E-state index contributed by atoms with van der Waals surface area (Å²) in [5.74, 6) is 0. The Morgan fingerprint density at radius 1 is 1.50 bits per heavy atom. The van der Waals surface area contributed by atoms with Crippen LogP contribution in [0.25, 0.3) is 0 Å². The standard InChI is InChI=1S/C4H7FO2S/c1-4(2)3-8(5,6)7/h3H,1-2H3. The van der Waals surface area contributed by atoms with Crippen LogP contribution in [0.15, 0.2) is 11.0 Å². The van der Waals surface area contributed by atoms with Crippen LogP contribution in [-0.2, 0) is 10.2 Å². The first-order valence-electron chi connectivity index (χ1n) is 2.01. The summed E-state index contributed by atoms with van der Waals surface area (Å²) in [5, 5.41) is 0.576. The van der Waals surface area contributed by atoms with Gasteiger partial charge in [-0.25, -0.2) is 0 Å². The Kier molecular flexibility index (Phi) is 2.15. The largest absolute Gasteiger partial charge is 0.325 e. The molecule has 0 rings (SSSR count). The zero-order valence-corrected chi connectivity index (χ0v) is 5.50. The van der Waals surface area contributed by atoms with Gasteiger partial charge in [0.05, 0.1) is 5.41 Å². The van der Waals surface area contributed by atoms with Crippen LogP contribution in [0.1, 0.15) is 13.8 Å². The average molecular weight is 138 g/mol. The third-order valence-corrected chi connectivity index (χ3v) is 1.13. The van der Waals surface area contributed by atoms with Crippen molar-refractivity contribution in [3.63, 3.8) is 0 Å². The van der Waals surface area contributed by atoms with Crippen molar-refractivity contribution in [1.82, 2.24) is 0 Å². The Hall–Kier alpha value is -0.380. The van der Waals surface area contributed by atoms with Crippen molar-refractivity contribution in [3.05, 3.63) is 11.0 Å². The second kappa shape index (κ2) is 2.26. The molecule has 0 atom stereocenters. The smallest absolute Gasteiger partial charge is 0.190 e. The van der Waals surface area contributed by atoms with Gasteiger partial charge in [-0.3, -0.25) is 0 Å². The molecule has 0 heterocycles. The van der Waals surface area contributed by atoms with Gasteiger partial charge in [0, 0.05) is 0 Å². The van der Waals surface area contributed by atoms with Crippen molar-refractivity contribution in [1.29, 1.82) is 0 Å². The molecule has 0 bridgehead atoms. The molecule has 0 amide bonds. The van der Waals surface area contributed by atoms with E-state index in [1.165, 1.54) is 13.8 Å². The number of hydrogen-bond acceptors (Lipinski definition) is 2. The van der Waals surface area contributed by atoms with Crippen molar-refractivity contribution in [2.45, 2.75) is 13.8 Å². The lowest BCUT2D eigenvalue weighted by atomic mass is 10.4. The van der Waals surface area contributed by atoms with E-state index in [1.807, 2.05) is 0 Å². The summed E-state index contributed by atoms with van der Waals surface area (Å²) in [5.41, 5.74) is 0.438. The molecular weight excluding hydrogens is 131 g/mol. The molecule has 48 valence electrons. The maximum Gasteiger partial charge on any atom is 0.325 e. The monoisotopic (exact) mass is 138 g/mol. The highest BCUT2D eigenvalue weighted by molar-refractivity contribution is 7.89. The van der Waals surface area contributed by atoms with Gasteiger partial charge in [-0.15, -0.1) is 3.89 Å². The highest BCUT2D eigenvalue weighted by atomic mass is 32.3. The maximum absolute atomic E-state index is 11.5. The van der Waals surface area contributed by atoms with Crippen LogP contribution < -0.4 is 0 Å². The lowest BCUT2D eigenvalue weighted by Gasteiger charge is -1.81. The van der Waals surface area contributed by atoms with E-state index in [4.69, 9.17) is 0 Å². The first-order chi connectivity index (χ1) is 3.42. The summed E-state index contributed by atoms with van der Waals surface area (Å²) in [4.78, 5) is 0. The Balaban J connectivity index is 4.36. The van der Waals surface area contributed by atoms with E-state index in [-0.39, 0.29) is 0 Å².